The third kappa shape index (κ3) is 3.89. The molecule has 0 aliphatic carbocycles. The van der Waals surface area contributed by atoms with E-state index in [0.717, 1.165) is 30.6 Å². The molecule has 0 atom stereocenters. The fourth-order valence-corrected chi connectivity index (χ4v) is 4.57. The van der Waals surface area contributed by atoms with E-state index >= 15 is 0 Å². The van der Waals surface area contributed by atoms with Gasteiger partial charge in [-0.3, -0.25) is 15.2 Å². The van der Waals surface area contributed by atoms with Gasteiger partial charge in [0.15, 0.2) is 11.5 Å². The van der Waals surface area contributed by atoms with Gasteiger partial charge < -0.3 is 24.0 Å². The van der Waals surface area contributed by atoms with E-state index in [2.05, 4.69) is 20.9 Å². The lowest BCUT2D eigenvalue weighted by Crippen LogP contribution is -2.42. The van der Waals surface area contributed by atoms with E-state index in [1.54, 1.807) is 19.2 Å². The second kappa shape index (κ2) is 8.74. The average Bonchev–Trinajstić information content (AvgIpc) is 2.87. The van der Waals surface area contributed by atoms with Crippen molar-refractivity contribution >= 4 is 22.7 Å². The number of hydrogen-bond acceptors (Lipinski definition) is 7. The predicted octanol–water partition coefficient (Wildman–Crippen LogP) is 2.16. The molecule has 1 saturated heterocycles. The van der Waals surface area contributed by atoms with Crippen LogP contribution in [0.15, 0.2) is 35.1 Å². The normalized spacial score (nSPS) is 15.9. The number of morpholine rings is 1. The molecule has 0 unspecified atom stereocenters. The Hall–Kier alpha value is -3.59. The van der Waals surface area contributed by atoms with E-state index in [0.29, 0.717) is 60.5 Å². The van der Waals surface area contributed by atoms with Crippen molar-refractivity contribution in [1.82, 2.24) is 14.9 Å². The van der Waals surface area contributed by atoms with Crippen LogP contribution in [0.4, 0.5) is 5.95 Å². The fraction of sp³-hybridized carbons (Fsp3) is 0.375. The molecule has 3 heterocycles. The summed E-state index contributed by atoms with van der Waals surface area (Å²) in [5, 5.41) is 9.20. The van der Waals surface area contributed by atoms with Crippen LogP contribution in [0.5, 0.6) is 11.5 Å². The van der Waals surface area contributed by atoms with Crippen molar-refractivity contribution in [1.29, 1.82) is 5.41 Å². The molecule has 9 heteroatoms. The number of aromatic nitrogens is 2. The van der Waals surface area contributed by atoms with Crippen molar-refractivity contribution in [2.24, 2.45) is 0 Å². The standard InChI is InChI=1S/C24H27N5O4/c1-31-20-12-18-19(13-21(20)32-2)26-24(27-23(18)30)29-7-6-16-15(14-29)4-3-5-17(16)22(25)28-8-10-33-11-9-28/h3-5,12-13,25H,6-11,14H2,1-2H3,(H,26,27,30). The Bertz CT molecular complexity index is 1270. The Balaban J connectivity index is 1.45. The summed E-state index contributed by atoms with van der Waals surface area (Å²) >= 11 is 0. The highest BCUT2D eigenvalue weighted by Gasteiger charge is 2.25. The molecule has 33 heavy (non-hydrogen) atoms. The number of ether oxygens (including phenoxy) is 3. The molecule has 0 radical (unpaired) electrons. The van der Waals surface area contributed by atoms with Crippen molar-refractivity contribution in [3.05, 3.63) is 57.4 Å². The van der Waals surface area contributed by atoms with Gasteiger partial charge in [-0.15, -0.1) is 0 Å². The first kappa shape index (κ1) is 21.3. The van der Waals surface area contributed by atoms with Crippen molar-refractivity contribution in [2.45, 2.75) is 13.0 Å². The van der Waals surface area contributed by atoms with Crippen molar-refractivity contribution in [2.75, 3.05) is 52.0 Å². The van der Waals surface area contributed by atoms with E-state index in [-0.39, 0.29) is 5.56 Å². The molecular weight excluding hydrogens is 422 g/mol. The first-order chi connectivity index (χ1) is 16.1. The van der Waals surface area contributed by atoms with Gasteiger partial charge in [-0.2, -0.15) is 0 Å². The maximum atomic E-state index is 12.8. The molecule has 1 fully saturated rings. The van der Waals surface area contributed by atoms with E-state index in [9.17, 15) is 4.79 Å². The Morgan fingerprint density at radius 3 is 2.64 bits per heavy atom. The van der Waals surface area contributed by atoms with Gasteiger partial charge in [0.2, 0.25) is 5.95 Å². The van der Waals surface area contributed by atoms with Crippen molar-refractivity contribution < 1.29 is 14.2 Å². The zero-order valence-electron chi connectivity index (χ0n) is 18.8. The lowest BCUT2D eigenvalue weighted by atomic mass is 9.93. The number of anilines is 1. The van der Waals surface area contributed by atoms with E-state index in [1.165, 1.54) is 12.7 Å². The highest BCUT2D eigenvalue weighted by atomic mass is 16.5. The second-order valence-electron chi connectivity index (χ2n) is 8.18. The highest BCUT2D eigenvalue weighted by Crippen LogP contribution is 2.31. The zero-order chi connectivity index (χ0) is 22.9. The van der Waals surface area contributed by atoms with Crippen LogP contribution >= 0.6 is 0 Å². The summed E-state index contributed by atoms with van der Waals surface area (Å²) in [4.78, 5) is 24.6. The largest absolute Gasteiger partial charge is 0.493 e. The van der Waals surface area contributed by atoms with Gasteiger partial charge in [0.05, 0.1) is 38.3 Å². The number of nitrogens with zero attached hydrogens (tertiary/aromatic N) is 3. The molecule has 1 aromatic heterocycles. The number of benzene rings is 2. The second-order valence-corrected chi connectivity index (χ2v) is 8.18. The number of fused-ring (bicyclic) bond motifs is 2. The van der Waals surface area contributed by atoms with Gasteiger partial charge in [-0.05, 0) is 23.6 Å². The Kier molecular flexibility index (Phi) is 5.63. The van der Waals surface area contributed by atoms with E-state index in [4.69, 9.17) is 24.6 Å². The quantitative estimate of drug-likeness (QED) is 0.465. The zero-order valence-corrected chi connectivity index (χ0v) is 18.8. The summed E-state index contributed by atoms with van der Waals surface area (Å²) in [6, 6.07) is 9.50. The summed E-state index contributed by atoms with van der Waals surface area (Å²) in [6.07, 6.45) is 0.770. The summed E-state index contributed by atoms with van der Waals surface area (Å²) in [5.41, 5.74) is 3.65. The lowest BCUT2D eigenvalue weighted by molar-refractivity contribution is 0.0679. The molecule has 0 bridgehead atoms. The smallest absolute Gasteiger partial charge is 0.260 e. The molecule has 9 nitrogen and oxygen atoms in total. The predicted molar refractivity (Wildman–Crippen MR) is 126 cm³/mol. The van der Waals surface area contributed by atoms with E-state index in [1.807, 2.05) is 12.1 Å². The third-order valence-corrected chi connectivity index (χ3v) is 6.35. The molecule has 0 spiro atoms. The monoisotopic (exact) mass is 449 g/mol. The van der Waals surface area contributed by atoms with Crippen LogP contribution in [0.3, 0.4) is 0 Å². The summed E-state index contributed by atoms with van der Waals surface area (Å²) in [5.74, 6) is 2.11. The Morgan fingerprint density at radius 2 is 1.88 bits per heavy atom. The van der Waals surface area contributed by atoms with Gasteiger partial charge in [-0.25, -0.2) is 4.98 Å². The molecule has 5 rings (SSSR count). The van der Waals surface area contributed by atoms with Crippen LogP contribution in [0.1, 0.15) is 16.7 Å². The van der Waals surface area contributed by atoms with Crippen molar-refractivity contribution in [3.63, 3.8) is 0 Å². The van der Waals surface area contributed by atoms with Gasteiger partial charge in [0, 0.05) is 37.8 Å². The van der Waals surface area contributed by atoms with Crippen LogP contribution in [0, 0.1) is 5.41 Å². The van der Waals surface area contributed by atoms with Gasteiger partial charge >= 0.3 is 0 Å². The fourth-order valence-electron chi connectivity index (χ4n) is 4.57. The van der Waals surface area contributed by atoms with Crippen LogP contribution in [0.25, 0.3) is 10.9 Å². The number of amidine groups is 1. The number of rotatable bonds is 4. The molecule has 2 aliphatic rings. The van der Waals surface area contributed by atoms with Gasteiger partial charge in [-0.1, -0.05) is 18.2 Å². The maximum absolute atomic E-state index is 12.8. The third-order valence-electron chi connectivity index (χ3n) is 6.35. The average molecular weight is 450 g/mol. The van der Waals surface area contributed by atoms with Crippen LogP contribution in [0.2, 0.25) is 0 Å². The molecule has 2 aliphatic heterocycles. The summed E-state index contributed by atoms with van der Waals surface area (Å²) < 4.78 is 16.1. The highest BCUT2D eigenvalue weighted by molar-refractivity contribution is 5.98. The summed E-state index contributed by atoms with van der Waals surface area (Å²) in [6.45, 7) is 4.10. The van der Waals surface area contributed by atoms with Gasteiger partial charge in [0.25, 0.3) is 5.56 Å². The van der Waals surface area contributed by atoms with Crippen molar-refractivity contribution in [3.8, 4) is 11.5 Å². The number of H-pyrrole nitrogens is 1. The first-order valence-corrected chi connectivity index (χ1v) is 11.0. The molecule has 172 valence electrons. The molecule has 2 N–H and O–H groups in total. The van der Waals surface area contributed by atoms with Gasteiger partial charge in [0.1, 0.15) is 5.84 Å². The minimum Gasteiger partial charge on any atom is -0.493 e. The lowest BCUT2D eigenvalue weighted by Gasteiger charge is -2.33. The summed E-state index contributed by atoms with van der Waals surface area (Å²) in [7, 11) is 3.10. The van der Waals surface area contributed by atoms with Crippen LogP contribution in [-0.2, 0) is 17.7 Å². The Morgan fingerprint density at radius 1 is 1.12 bits per heavy atom. The van der Waals surface area contributed by atoms with Crippen LogP contribution < -0.4 is 19.9 Å². The maximum Gasteiger partial charge on any atom is 0.260 e. The van der Waals surface area contributed by atoms with Crippen LogP contribution in [-0.4, -0.2) is 67.8 Å². The first-order valence-electron chi connectivity index (χ1n) is 11.0. The SMILES string of the molecule is COc1cc2nc(N3CCc4c(cccc4C(=N)N4CCOCC4)C3)[nH]c(=O)c2cc1OC. The minimum atomic E-state index is -0.218. The van der Waals surface area contributed by atoms with E-state index < -0.39 is 0 Å². The number of nitrogens with one attached hydrogen (secondary N) is 2. The molecular formula is C24H27N5O4. The number of methoxy groups -OCH3 is 2. The topological polar surface area (TPSA) is 104 Å². The molecule has 2 aromatic carbocycles. The molecule has 3 aromatic rings. The number of hydrogen-bond donors (Lipinski definition) is 2. The number of aromatic amines is 1. The molecule has 0 saturated carbocycles. The minimum absolute atomic E-state index is 0.218. The molecule has 0 amide bonds. The Labute approximate surface area is 191 Å².